The van der Waals surface area contributed by atoms with Gasteiger partial charge in [0.1, 0.15) is 0 Å². The molecule has 2 amide bonds. The molecule has 1 aliphatic rings. The molecule has 0 spiro atoms. The molecule has 0 aliphatic carbocycles. The third-order valence-corrected chi connectivity index (χ3v) is 7.20. The summed E-state index contributed by atoms with van der Waals surface area (Å²) in [4.78, 5) is 18.0. The Kier molecular flexibility index (Phi) is 8.29. The summed E-state index contributed by atoms with van der Waals surface area (Å²) in [7, 11) is 0. The number of amides is 2. The second kappa shape index (κ2) is 12.4. The maximum Gasteiger partial charge on any atom is 0.326 e. The molecule has 0 unspecified atom stereocenters. The Bertz CT molecular complexity index is 1250. The molecule has 5 rings (SSSR count). The van der Waals surface area contributed by atoms with Crippen LogP contribution in [0.4, 0.5) is 16.2 Å². The molecule has 4 nitrogen and oxygen atoms in total. The van der Waals surface area contributed by atoms with E-state index in [-0.39, 0.29) is 6.03 Å². The van der Waals surface area contributed by atoms with Crippen LogP contribution in [-0.2, 0) is 19.5 Å². The van der Waals surface area contributed by atoms with Crippen molar-refractivity contribution in [3.63, 3.8) is 0 Å². The van der Waals surface area contributed by atoms with Crippen LogP contribution in [-0.4, -0.2) is 24.0 Å². The molecular weight excluding hydrogens is 454 g/mol. The van der Waals surface area contributed by atoms with E-state index in [1.54, 1.807) is 0 Å². The summed E-state index contributed by atoms with van der Waals surface area (Å²) < 4.78 is 0. The van der Waals surface area contributed by atoms with Crippen molar-refractivity contribution in [2.24, 2.45) is 5.92 Å². The maximum absolute atomic E-state index is 13.6. The van der Waals surface area contributed by atoms with Gasteiger partial charge in [-0.2, -0.15) is 0 Å². The fourth-order valence-electron chi connectivity index (χ4n) is 5.19. The summed E-state index contributed by atoms with van der Waals surface area (Å²) in [6, 6.07) is 38.9. The number of carbonyl (C=O) groups excluding carboxylic acids is 1. The van der Waals surface area contributed by atoms with Crippen molar-refractivity contribution in [1.29, 1.82) is 0 Å². The quantitative estimate of drug-likeness (QED) is 0.280. The van der Waals surface area contributed by atoms with Crippen molar-refractivity contribution in [3.05, 3.63) is 132 Å². The van der Waals surface area contributed by atoms with Gasteiger partial charge in [-0.25, -0.2) is 4.79 Å². The average Bonchev–Trinajstić information content (AvgIpc) is 2.95. The molecule has 1 aliphatic heterocycles. The molecule has 0 radical (unpaired) electrons. The first kappa shape index (κ1) is 24.8. The lowest BCUT2D eigenvalue weighted by Gasteiger charge is -2.33. The zero-order valence-electron chi connectivity index (χ0n) is 21.3. The standard InChI is InChI=1S/C33H35N3O/c37-33(34-31-17-8-3-9-18-31)36(25-29-14-6-2-7-15-29)32-19-11-10-16-30(32)26-35-22-20-28(21-23-35)24-27-12-4-1-5-13-27/h1-19,28H,20-26H2,(H,34,37). The highest BCUT2D eigenvalue weighted by Crippen LogP contribution is 2.28. The minimum atomic E-state index is -0.121. The second-order valence-electron chi connectivity index (χ2n) is 9.91. The topological polar surface area (TPSA) is 35.6 Å². The molecule has 1 heterocycles. The van der Waals surface area contributed by atoms with E-state index >= 15 is 0 Å². The Balaban J connectivity index is 1.30. The summed E-state index contributed by atoms with van der Waals surface area (Å²) in [5.74, 6) is 0.736. The number of nitrogens with zero attached hydrogens (tertiary/aromatic N) is 2. The minimum Gasteiger partial charge on any atom is -0.308 e. The van der Waals surface area contributed by atoms with E-state index in [2.05, 4.69) is 70.9 Å². The van der Waals surface area contributed by atoms with Crippen molar-refractivity contribution in [3.8, 4) is 0 Å². The zero-order valence-corrected chi connectivity index (χ0v) is 21.3. The number of rotatable bonds is 8. The van der Waals surface area contributed by atoms with Crippen molar-refractivity contribution in [2.75, 3.05) is 23.3 Å². The molecule has 1 saturated heterocycles. The van der Waals surface area contributed by atoms with E-state index < -0.39 is 0 Å². The second-order valence-corrected chi connectivity index (χ2v) is 9.91. The predicted octanol–water partition coefficient (Wildman–Crippen LogP) is 7.38. The number of hydrogen-bond donors (Lipinski definition) is 1. The molecule has 4 aromatic carbocycles. The minimum absolute atomic E-state index is 0.121. The van der Waals surface area contributed by atoms with Crippen LogP contribution in [0.3, 0.4) is 0 Å². The van der Waals surface area contributed by atoms with E-state index in [0.29, 0.717) is 6.54 Å². The predicted molar refractivity (Wildman–Crippen MR) is 153 cm³/mol. The van der Waals surface area contributed by atoms with Crippen LogP contribution in [0.25, 0.3) is 0 Å². The molecular formula is C33H35N3O. The highest BCUT2D eigenvalue weighted by atomic mass is 16.2. The van der Waals surface area contributed by atoms with Gasteiger partial charge in [-0.05, 0) is 73.2 Å². The van der Waals surface area contributed by atoms with Crippen molar-refractivity contribution >= 4 is 17.4 Å². The van der Waals surface area contributed by atoms with E-state index in [1.165, 1.54) is 24.0 Å². The lowest BCUT2D eigenvalue weighted by atomic mass is 9.90. The lowest BCUT2D eigenvalue weighted by molar-refractivity contribution is 0.177. The largest absolute Gasteiger partial charge is 0.326 e. The first-order valence-corrected chi connectivity index (χ1v) is 13.3. The van der Waals surface area contributed by atoms with Crippen LogP contribution in [0, 0.1) is 5.92 Å². The fraction of sp³-hybridized carbons (Fsp3) is 0.242. The van der Waals surface area contributed by atoms with Crippen LogP contribution in [0.5, 0.6) is 0 Å². The highest BCUT2D eigenvalue weighted by molar-refractivity contribution is 6.02. The van der Waals surface area contributed by atoms with Crippen LogP contribution in [0.1, 0.15) is 29.5 Å². The number of para-hydroxylation sites is 2. The van der Waals surface area contributed by atoms with Gasteiger partial charge in [-0.15, -0.1) is 0 Å². The van der Waals surface area contributed by atoms with Crippen molar-refractivity contribution in [2.45, 2.75) is 32.4 Å². The Hall–Kier alpha value is -3.89. The Labute approximate surface area is 220 Å². The van der Waals surface area contributed by atoms with Gasteiger partial charge in [0, 0.05) is 12.2 Å². The van der Waals surface area contributed by atoms with E-state index in [0.717, 1.165) is 48.9 Å². The summed E-state index contributed by atoms with van der Waals surface area (Å²) >= 11 is 0. The van der Waals surface area contributed by atoms with Crippen LogP contribution in [0.2, 0.25) is 0 Å². The molecule has 1 N–H and O–H groups in total. The number of urea groups is 1. The lowest BCUT2D eigenvalue weighted by Crippen LogP contribution is -2.37. The van der Waals surface area contributed by atoms with Gasteiger partial charge in [0.15, 0.2) is 0 Å². The summed E-state index contributed by atoms with van der Waals surface area (Å²) in [6.07, 6.45) is 3.58. The van der Waals surface area contributed by atoms with Crippen LogP contribution < -0.4 is 10.2 Å². The number of carbonyl (C=O) groups is 1. The smallest absolute Gasteiger partial charge is 0.308 e. The van der Waals surface area contributed by atoms with Gasteiger partial charge in [0.25, 0.3) is 0 Å². The first-order chi connectivity index (χ1) is 18.2. The van der Waals surface area contributed by atoms with Gasteiger partial charge < -0.3 is 5.32 Å². The van der Waals surface area contributed by atoms with Gasteiger partial charge in [0.2, 0.25) is 0 Å². The SMILES string of the molecule is O=C(Nc1ccccc1)N(Cc1ccccc1)c1ccccc1CN1CCC(Cc2ccccc2)CC1. The van der Waals surface area contributed by atoms with E-state index in [1.807, 2.05) is 59.5 Å². The zero-order chi connectivity index (χ0) is 25.3. The molecule has 4 aromatic rings. The van der Waals surface area contributed by atoms with Gasteiger partial charge in [-0.1, -0.05) is 97.1 Å². The highest BCUT2D eigenvalue weighted by Gasteiger charge is 2.23. The van der Waals surface area contributed by atoms with Crippen molar-refractivity contribution < 1.29 is 4.79 Å². The van der Waals surface area contributed by atoms with Crippen LogP contribution >= 0.6 is 0 Å². The number of benzene rings is 4. The fourth-order valence-corrected chi connectivity index (χ4v) is 5.19. The molecule has 0 aromatic heterocycles. The van der Waals surface area contributed by atoms with Gasteiger partial charge >= 0.3 is 6.03 Å². The average molecular weight is 490 g/mol. The molecule has 188 valence electrons. The molecule has 0 saturated carbocycles. The third kappa shape index (κ3) is 6.87. The van der Waals surface area contributed by atoms with E-state index in [4.69, 9.17) is 0 Å². The Morgan fingerprint density at radius 1 is 0.730 bits per heavy atom. The monoisotopic (exact) mass is 489 g/mol. The third-order valence-electron chi connectivity index (χ3n) is 7.20. The Morgan fingerprint density at radius 3 is 1.97 bits per heavy atom. The maximum atomic E-state index is 13.6. The van der Waals surface area contributed by atoms with Crippen LogP contribution in [0.15, 0.2) is 115 Å². The van der Waals surface area contributed by atoms with Gasteiger partial charge in [0.05, 0.1) is 12.2 Å². The van der Waals surface area contributed by atoms with Crippen molar-refractivity contribution in [1.82, 2.24) is 4.90 Å². The van der Waals surface area contributed by atoms with Gasteiger partial charge in [-0.3, -0.25) is 9.80 Å². The summed E-state index contributed by atoms with van der Waals surface area (Å²) in [6.45, 7) is 3.52. The molecule has 4 heteroatoms. The number of anilines is 2. The number of nitrogens with one attached hydrogen (secondary N) is 1. The number of piperidine rings is 1. The number of hydrogen-bond acceptors (Lipinski definition) is 2. The van der Waals surface area contributed by atoms with E-state index in [9.17, 15) is 4.79 Å². The normalized spacial score (nSPS) is 14.3. The Morgan fingerprint density at radius 2 is 1.30 bits per heavy atom. The summed E-state index contributed by atoms with van der Waals surface area (Å²) in [5.41, 5.74) is 5.48. The molecule has 1 fully saturated rings. The molecule has 0 bridgehead atoms. The molecule has 0 atom stereocenters. The molecule has 37 heavy (non-hydrogen) atoms. The first-order valence-electron chi connectivity index (χ1n) is 13.3. The number of likely N-dealkylation sites (tertiary alicyclic amines) is 1. The summed E-state index contributed by atoms with van der Waals surface area (Å²) in [5, 5.41) is 3.09.